The molecule has 1 fully saturated rings. The van der Waals surface area contributed by atoms with E-state index in [1.165, 1.54) is 34.5 Å². The van der Waals surface area contributed by atoms with Crippen molar-refractivity contribution in [1.82, 2.24) is 0 Å². The molecule has 5 radical (unpaired) electrons. The number of hydrogen-bond acceptors (Lipinski definition) is 2. The van der Waals surface area contributed by atoms with E-state index in [-0.39, 0.29) is 5.41 Å². The van der Waals surface area contributed by atoms with Crippen LogP contribution in [0, 0.1) is 35.8 Å². The van der Waals surface area contributed by atoms with Crippen LogP contribution in [-0.4, -0.2) is 5.11 Å². The number of phenols is 1. The number of hydrogen-bond donors (Lipinski definition) is 1. The molecule has 0 spiro atoms. The zero-order valence-corrected chi connectivity index (χ0v) is 20.2. The van der Waals surface area contributed by atoms with Crippen LogP contribution in [0.5, 0.6) is 5.75 Å². The maximum absolute atomic E-state index is 10.5. The zero-order chi connectivity index (χ0) is 19.5. The Balaban J connectivity index is 0.000000970. The molecule has 1 aromatic rings. The van der Waals surface area contributed by atoms with E-state index < -0.39 is 17.0 Å². The van der Waals surface area contributed by atoms with Crippen molar-refractivity contribution in [3.8, 4) is 5.75 Å². The van der Waals surface area contributed by atoms with E-state index in [0.717, 1.165) is 10.5 Å². The number of phenolic OH excluding ortho intramolecular Hbond substituents is 1. The van der Waals surface area contributed by atoms with Gasteiger partial charge in [0, 0.05) is 5.25 Å². The van der Waals surface area contributed by atoms with E-state index in [9.17, 15) is 5.11 Å². The van der Waals surface area contributed by atoms with Gasteiger partial charge in [-0.1, -0.05) is 54.5 Å². The Morgan fingerprint density at radius 2 is 1.32 bits per heavy atom. The van der Waals surface area contributed by atoms with Gasteiger partial charge in [0.15, 0.2) is 0 Å². The molecule has 0 aliphatic heterocycles. The van der Waals surface area contributed by atoms with Gasteiger partial charge in [0.05, 0.1) is 4.90 Å². The predicted molar refractivity (Wildman–Crippen MR) is 108 cm³/mol. The van der Waals surface area contributed by atoms with Crippen LogP contribution in [0.4, 0.5) is 0 Å². The van der Waals surface area contributed by atoms with Gasteiger partial charge in [-0.05, 0) is 53.2 Å². The van der Waals surface area contributed by atoms with E-state index in [2.05, 4.69) is 54.5 Å². The third-order valence-corrected chi connectivity index (χ3v) is 6.04. The molecule has 137 valence electrons. The molecule has 1 nitrogen and oxygen atoms in total. The van der Waals surface area contributed by atoms with Crippen molar-refractivity contribution in [2.75, 3.05) is 0 Å². The molecule has 0 bridgehead atoms. The van der Waals surface area contributed by atoms with E-state index in [0.29, 0.717) is 5.75 Å². The van der Waals surface area contributed by atoms with Gasteiger partial charge in [-0.2, -0.15) is 0 Å². The minimum absolute atomic E-state index is 0.00429. The molecule has 1 N–H and O–H groups in total. The Morgan fingerprint density at radius 1 is 0.880 bits per heavy atom. The van der Waals surface area contributed by atoms with Gasteiger partial charge in [0.25, 0.3) is 0 Å². The normalized spacial score (nSPS) is 18.3. The third kappa shape index (κ3) is 5.82. The average Bonchev–Trinajstić information content (AvgIpc) is 2.66. The second-order valence-electron chi connectivity index (χ2n) is 7.41. The number of halogens is 2. The van der Waals surface area contributed by atoms with Crippen molar-refractivity contribution >= 4 is 30.4 Å². The Bertz CT molecular complexity index is 560. The summed E-state index contributed by atoms with van der Waals surface area (Å²) in [6, 6.07) is 4.07. The van der Waals surface area contributed by atoms with Gasteiger partial charge in [0.2, 0.25) is 0 Å². The summed E-state index contributed by atoms with van der Waals surface area (Å²) in [7, 11) is 9.78. The molecule has 1 saturated carbocycles. The van der Waals surface area contributed by atoms with E-state index in [1.54, 1.807) is 11.8 Å². The van der Waals surface area contributed by atoms with Crippen molar-refractivity contribution in [3.63, 3.8) is 0 Å². The number of benzene rings is 1. The third-order valence-electron chi connectivity index (χ3n) is 4.59. The minimum atomic E-state index is -0.556. The van der Waals surface area contributed by atoms with Gasteiger partial charge in [-0.3, -0.25) is 0 Å². The number of aryl methyl sites for hydroxylation is 1. The summed E-state index contributed by atoms with van der Waals surface area (Å²) in [5.41, 5.74) is 2.32. The standard InChI is InChI=1S/C20H27OS.2ClH.Ti/c1-11-9-16(20(6,7)8)19(17(21)10-11)22-18-14(4)12(2)13(3)15(18)5;;;/h9-10,21H,1-8H3;2*1H;/q;;;+2/p-2. The first-order valence-corrected chi connectivity index (χ1v) is 13.3. The van der Waals surface area contributed by atoms with Crippen LogP contribution in [0.1, 0.15) is 59.6 Å². The molecule has 0 unspecified atom stereocenters. The fourth-order valence-corrected chi connectivity index (χ4v) is 4.31. The molecule has 2 rings (SSSR count). The molecule has 0 saturated heterocycles. The first-order valence-electron chi connectivity index (χ1n) is 8.16. The van der Waals surface area contributed by atoms with Crippen molar-refractivity contribution in [2.24, 2.45) is 0 Å². The molecule has 0 aromatic heterocycles. The Hall–Kier alpha value is 0.664. The Morgan fingerprint density at radius 3 is 1.72 bits per heavy atom. The SMILES string of the molecule is C[C]1[C](C)[C](C)[C](Sc2c(O)cc(C)cc2C(C)(C)C)[C]1C.[Cl][Ti][Cl]. The first-order chi connectivity index (χ1) is 11.4. The second kappa shape index (κ2) is 9.74. The topological polar surface area (TPSA) is 20.2 Å². The van der Waals surface area contributed by atoms with Crippen LogP contribution >= 0.6 is 30.4 Å². The van der Waals surface area contributed by atoms with Gasteiger partial charge in [-0.25, -0.2) is 0 Å². The van der Waals surface area contributed by atoms with Gasteiger partial charge < -0.3 is 5.11 Å². The van der Waals surface area contributed by atoms with Crippen LogP contribution in [-0.2, 0) is 22.4 Å². The summed E-state index contributed by atoms with van der Waals surface area (Å²) in [6.07, 6.45) is 0. The van der Waals surface area contributed by atoms with Crippen molar-refractivity contribution in [3.05, 3.63) is 52.2 Å². The number of rotatable bonds is 2. The molecule has 0 heterocycles. The molecule has 25 heavy (non-hydrogen) atoms. The monoisotopic (exact) mass is 433 g/mol. The molecular weight excluding hydrogens is 407 g/mol. The summed E-state index contributed by atoms with van der Waals surface area (Å²) < 4.78 is 0. The maximum atomic E-state index is 10.5. The molecule has 1 aliphatic rings. The van der Waals surface area contributed by atoms with Gasteiger partial charge in [-0.15, -0.1) is 11.8 Å². The van der Waals surface area contributed by atoms with Crippen LogP contribution in [0.2, 0.25) is 0 Å². The Labute approximate surface area is 175 Å². The molecule has 0 atom stereocenters. The molecule has 0 amide bonds. The van der Waals surface area contributed by atoms with Crippen molar-refractivity contribution in [2.45, 2.75) is 65.7 Å². The number of aromatic hydroxyl groups is 1. The summed E-state index contributed by atoms with van der Waals surface area (Å²) >= 11 is 1.16. The summed E-state index contributed by atoms with van der Waals surface area (Å²) in [5.74, 6) is 5.79. The van der Waals surface area contributed by atoms with Crippen molar-refractivity contribution in [1.29, 1.82) is 0 Å². The molecule has 1 aromatic carbocycles. The summed E-state index contributed by atoms with van der Waals surface area (Å²) in [5, 5.41) is 11.8. The van der Waals surface area contributed by atoms with E-state index >= 15 is 0 Å². The fraction of sp³-hybridized carbons (Fsp3) is 0.450. The summed E-state index contributed by atoms with van der Waals surface area (Å²) in [4.78, 5) is 0.995. The van der Waals surface area contributed by atoms with Crippen LogP contribution in [0.3, 0.4) is 0 Å². The van der Waals surface area contributed by atoms with Crippen molar-refractivity contribution < 1.29 is 22.1 Å². The quantitative estimate of drug-likeness (QED) is 0.490. The van der Waals surface area contributed by atoms with E-state index in [1.807, 2.05) is 13.0 Å². The van der Waals surface area contributed by atoms with Gasteiger partial charge >= 0.3 is 35.6 Å². The van der Waals surface area contributed by atoms with Crippen LogP contribution in [0.15, 0.2) is 17.0 Å². The predicted octanol–water partition coefficient (Wildman–Crippen LogP) is 7.39. The first kappa shape index (κ1) is 23.7. The molecule has 1 aliphatic carbocycles. The second-order valence-corrected chi connectivity index (χ2v) is 11.0. The average molecular weight is 434 g/mol. The summed E-state index contributed by atoms with van der Waals surface area (Å²) in [6.45, 7) is 17.4. The van der Waals surface area contributed by atoms with E-state index in [4.69, 9.17) is 18.6 Å². The molecular formula is C20H27Cl2OSTi. The van der Waals surface area contributed by atoms with Crippen LogP contribution < -0.4 is 0 Å². The fourth-order valence-electron chi connectivity index (χ4n) is 2.86. The van der Waals surface area contributed by atoms with Crippen LogP contribution in [0.25, 0.3) is 0 Å². The Kier molecular flexibility index (Phi) is 9.23. The molecule has 5 heteroatoms. The zero-order valence-electron chi connectivity index (χ0n) is 16.3. The number of thioether (sulfide) groups is 1. The van der Waals surface area contributed by atoms with Gasteiger partial charge in [0.1, 0.15) is 5.75 Å².